The summed E-state index contributed by atoms with van der Waals surface area (Å²) in [6, 6.07) is 2.66. The molecule has 1 amide bonds. The zero-order chi connectivity index (χ0) is 15.3. The average molecular weight is 284 g/mol. The maximum absolute atomic E-state index is 13.2. The predicted molar refractivity (Wildman–Crippen MR) is 75.3 cm³/mol. The molecule has 1 aromatic rings. The second-order valence-electron chi connectivity index (χ2n) is 4.82. The van der Waals surface area contributed by atoms with Crippen molar-refractivity contribution in [2.24, 2.45) is 0 Å². The van der Waals surface area contributed by atoms with E-state index in [2.05, 4.69) is 5.32 Å². The van der Waals surface area contributed by atoms with E-state index in [0.717, 1.165) is 6.07 Å². The molecule has 2 unspecified atom stereocenters. The van der Waals surface area contributed by atoms with Crippen LogP contribution in [0.1, 0.15) is 39.3 Å². The van der Waals surface area contributed by atoms with Crippen LogP contribution in [0, 0.1) is 11.6 Å². The second-order valence-corrected chi connectivity index (χ2v) is 4.82. The highest BCUT2D eigenvalue weighted by atomic mass is 19.1. The number of nitrogens with zero attached hydrogens (tertiary/aromatic N) is 1. The molecule has 0 aliphatic rings. The van der Waals surface area contributed by atoms with Crippen LogP contribution in [0.15, 0.2) is 18.2 Å². The maximum Gasteiger partial charge on any atom is 0.239 e. The normalized spacial score (nSPS) is 13.9. The molecule has 20 heavy (non-hydrogen) atoms. The monoisotopic (exact) mass is 284 g/mol. The van der Waals surface area contributed by atoms with Gasteiger partial charge in [-0.2, -0.15) is 0 Å². The lowest BCUT2D eigenvalue weighted by atomic mass is 10.1. The predicted octanol–water partition coefficient (Wildman–Crippen LogP) is 2.87. The molecular weight excluding hydrogens is 262 g/mol. The van der Waals surface area contributed by atoms with Crippen molar-refractivity contribution in [1.82, 2.24) is 10.2 Å². The minimum absolute atomic E-state index is 0.0151. The van der Waals surface area contributed by atoms with Crippen molar-refractivity contribution in [2.45, 2.75) is 39.8 Å². The Balaban J connectivity index is 2.74. The van der Waals surface area contributed by atoms with Crippen molar-refractivity contribution in [1.29, 1.82) is 0 Å². The highest BCUT2D eigenvalue weighted by molar-refractivity contribution is 5.81. The fourth-order valence-electron chi connectivity index (χ4n) is 2.18. The first-order valence-corrected chi connectivity index (χ1v) is 6.89. The number of hydrogen-bond acceptors (Lipinski definition) is 2. The molecule has 0 radical (unpaired) electrons. The fourth-order valence-corrected chi connectivity index (χ4v) is 2.18. The first-order chi connectivity index (χ1) is 9.38. The summed E-state index contributed by atoms with van der Waals surface area (Å²) in [5, 5.41) is 3.07. The van der Waals surface area contributed by atoms with E-state index in [0.29, 0.717) is 18.7 Å². The van der Waals surface area contributed by atoms with Gasteiger partial charge >= 0.3 is 0 Å². The van der Waals surface area contributed by atoms with Crippen LogP contribution in [0.2, 0.25) is 0 Å². The van der Waals surface area contributed by atoms with Crippen molar-refractivity contribution >= 4 is 5.91 Å². The smallest absolute Gasteiger partial charge is 0.239 e. The van der Waals surface area contributed by atoms with Crippen LogP contribution < -0.4 is 5.32 Å². The van der Waals surface area contributed by atoms with Gasteiger partial charge in [0.15, 0.2) is 0 Å². The third kappa shape index (κ3) is 4.27. The number of amides is 1. The summed E-state index contributed by atoms with van der Waals surface area (Å²) in [6.45, 7) is 8.65. The Labute approximate surface area is 119 Å². The van der Waals surface area contributed by atoms with Crippen molar-refractivity contribution in [3.05, 3.63) is 35.4 Å². The Hall–Kier alpha value is -1.49. The SMILES string of the molecule is CCN(CC)C(=O)C(C)NC(C)c1cc(F)cc(F)c1. The molecule has 1 aromatic carbocycles. The lowest BCUT2D eigenvalue weighted by molar-refractivity contribution is -0.132. The Morgan fingerprint density at radius 2 is 1.65 bits per heavy atom. The van der Waals surface area contributed by atoms with Gasteiger partial charge in [0.25, 0.3) is 0 Å². The molecule has 1 N–H and O–H groups in total. The van der Waals surface area contributed by atoms with Crippen molar-refractivity contribution in [3.8, 4) is 0 Å². The number of carbonyl (C=O) groups is 1. The molecule has 0 heterocycles. The maximum atomic E-state index is 13.2. The minimum atomic E-state index is -0.614. The Kier molecular flexibility index (Phi) is 6.07. The molecule has 0 spiro atoms. The number of nitrogens with one attached hydrogen (secondary N) is 1. The standard InChI is InChI=1S/C15H22F2N2O/c1-5-19(6-2)15(20)11(4)18-10(3)12-7-13(16)9-14(17)8-12/h7-11,18H,5-6H2,1-4H3. The number of likely N-dealkylation sites (N-methyl/N-ethyl adjacent to an activating group) is 1. The van der Waals surface area contributed by atoms with E-state index in [1.807, 2.05) is 13.8 Å². The lowest BCUT2D eigenvalue weighted by Gasteiger charge is -2.26. The van der Waals surface area contributed by atoms with Gasteiger partial charge in [-0.3, -0.25) is 10.1 Å². The van der Waals surface area contributed by atoms with Crippen molar-refractivity contribution < 1.29 is 13.6 Å². The highest BCUT2D eigenvalue weighted by Crippen LogP contribution is 2.16. The van der Waals surface area contributed by atoms with Crippen LogP contribution in [0.5, 0.6) is 0 Å². The van der Waals surface area contributed by atoms with Crippen LogP contribution in [0.4, 0.5) is 8.78 Å². The van der Waals surface area contributed by atoms with Gasteiger partial charge in [-0.15, -0.1) is 0 Å². The van der Waals surface area contributed by atoms with Gasteiger partial charge < -0.3 is 4.90 Å². The van der Waals surface area contributed by atoms with E-state index in [4.69, 9.17) is 0 Å². The van der Waals surface area contributed by atoms with E-state index in [9.17, 15) is 13.6 Å². The summed E-state index contributed by atoms with van der Waals surface area (Å²) >= 11 is 0. The van der Waals surface area contributed by atoms with Gasteiger partial charge in [0.1, 0.15) is 11.6 Å². The molecular formula is C15H22F2N2O. The fraction of sp³-hybridized carbons (Fsp3) is 0.533. The van der Waals surface area contributed by atoms with Crippen LogP contribution in [-0.4, -0.2) is 29.9 Å². The van der Waals surface area contributed by atoms with E-state index in [1.54, 1.807) is 18.7 Å². The van der Waals surface area contributed by atoms with E-state index in [1.165, 1.54) is 12.1 Å². The zero-order valence-electron chi connectivity index (χ0n) is 12.4. The number of hydrogen-bond donors (Lipinski definition) is 1. The molecule has 0 fully saturated rings. The van der Waals surface area contributed by atoms with Gasteiger partial charge in [0.2, 0.25) is 5.91 Å². The van der Waals surface area contributed by atoms with E-state index in [-0.39, 0.29) is 11.9 Å². The molecule has 112 valence electrons. The summed E-state index contributed by atoms with van der Waals surface area (Å²) in [6.07, 6.45) is 0. The molecule has 0 aliphatic carbocycles. The molecule has 3 nitrogen and oxygen atoms in total. The highest BCUT2D eigenvalue weighted by Gasteiger charge is 2.20. The third-order valence-electron chi connectivity index (χ3n) is 3.33. The molecule has 0 saturated carbocycles. The van der Waals surface area contributed by atoms with Gasteiger partial charge in [0, 0.05) is 25.2 Å². The molecule has 5 heteroatoms. The van der Waals surface area contributed by atoms with Crippen molar-refractivity contribution in [2.75, 3.05) is 13.1 Å². The van der Waals surface area contributed by atoms with Crippen LogP contribution in [0.25, 0.3) is 0 Å². The third-order valence-corrected chi connectivity index (χ3v) is 3.33. The van der Waals surface area contributed by atoms with Crippen LogP contribution >= 0.6 is 0 Å². The van der Waals surface area contributed by atoms with Gasteiger partial charge in [-0.1, -0.05) is 0 Å². The first-order valence-electron chi connectivity index (χ1n) is 6.89. The Bertz CT molecular complexity index is 441. The minimum Gasteiger partial charge on any atom is -0.342 e. The van der Waals surface area contributed by atoms with E-state index < -0.39 is 17.7 Å². The lowest BCUT2D eigenvalue weighted by Crippen LogP contribution is -2.45. The average Bonchev–Trinajstić information content (AvgIpc) is 2.38. The number of benzene rings is 1. The molecule has 0 aliphatic heterocycles. The summed E-state index contributed by atoms with van der Waals surface area (Å²) in [5.74, 6) is -1.24. The van der Waals surface area contributed by atoms with Crippen LogP contribution in [0.3, 0.4) is 0 Å². The largest absolute Gasteiger partial charge is 0.342 e. The first kappa shape index (κ1) is 16.6. The number of rotatable bonds is 6. The Morgan fingerprint density at radius 3 is 2.10 bits per heavy atom. The molecule has 1 rings (SSSR count). The summed E-state index contributed by atoms with van der Waals surface area (Å²) < 4.78 is 26.4. The molecule has 0 bridgehead atoms. The number of halogens is 2. The van der Waals surface area contributed by atoms with E-state index >= 15 is 0 Å². The topological polar surface area (TPSA) is 32.3 Å². The molecule has 0 aromatic heterocycles. The molecule has 2 atom stereocenters. The van der Waals surface area contributed by atoms with Gasteiger partial charge in [-0.25, -0.2) is 8.78 Å². The number of carbonyl (C=O) groups excluding carboxylic acids is 1. The van der Waals surface area contributed by atoms with Crippen molar-refractivity contribution in [3.63, 3.8) is 0 Å². The Morgan fingerprint density at radius 1 is 1.15 bits per heavy atom. The summed E-state index contributed by atoms with van der Waals surface area (Å²) in [7, 11) is 0. The van der Waals surface area contributed by atoms with Gasteiger partial charge in [-0.05, 0) is 45.4 Å². The second kappa shape index (κ2) is 7.33. The quantitative estimate of drug-likeness (QED) is 0.871. The van der Waals surface area contributed by atoms with Gasteiger partial charge in [0.05, 0.1) is 6.04 Å². The summed E-state index contributed by atoms with van der Waals surface area (Å²) in [4.78, 5) is 13.8. The van der Waals surface area contributed by atoms with Crippen LogP contribution in [-0.2, 0) is 4.79 Å². The molecule has 0 saturated heterocycles. The zero-order valence-corrected chi connectivity index (χ0v) is 12.4. The summed E-state index contributed by atoms with van der Waals surface area (Å²) in [5.41, 5.74) is 0.488.